The minimum atomic E-state index is -0.466. The Hall–Kier alpha value is -2.80. The van der Waals surface area contributed by atoms with Crippen molar-refractivity contribution >= 4 is 34.2 Å². The summed E-state index contributed by atoms with van der Waals surface area (Å²) in [6.45, 7) is 2.05. The molecule has 0 spiro atoms. The zero-order valence-corrected chi connectivity index (χ0v) is 14.4. The van der Waals surface area contributed by atoms with Gasteiger partial charge in [-0.3, -0.25) is 9.78 Å². The van der Waals surface area contributed by atoms with Gasteiger partial charge in [0.15, 0.2) is 0 Å². The summed E-state index contributed by atoms with van der Waals surface area (Å²) in [7, 11) is 0. The van der Waals surface area contributed by atoms with E-state index in [1.54, 1.807) is 18.5 Å². The van der Waals surface area contributed by atoms with Crippen molar-refractivity contribution in [3.05, 3.63) is 58.2 Å². The van der Waals surface area contributed by atoms with Crippen molar-refractivity contribution in [1.82, 2.24) is 9.97 Å². The lowest BCUT2D eigenvalue weighted by Gasteiger charge is -2.06. The van der Waals surface area contributed by atoms with Crippen LogP contribution in [-0.4, -0.2) is 28.5 Å². The van der Waals surface area contributed by atoms with E-state index < -0.39 is 5.97 Å². The fraction of sp³-hybridized carbons (Fsp3) is 0.222. The van der Waals surface area contributed by atoms with Gasteiger partial charge in [-0.05, 0) is 18.6 Å². The summed E-state index contributed by atoms with van der Waals surface area (Å²) < 4.78 is 10.1. The second-order valence-corrected chi connectivity index (χ2v) is 6.05. The van der Waals surface area contributed by atoms with Crippen molar-refractivity contribution < 1.29 is 19.1 Å². The maximum atomic E-state index is 12.1. The normalized spacial score (nSPS) is 10.6. The van der Waals surface area contributed by atoms with E-state index in [1.807, 2.05) is 30.3 Å². The summed E-state index contributed by atoms with van der Waals surface area (Å²) >= 11 is 1.17. The molecule has 2 heterocycles. The fourth-order valence-electron chi connectivity index (χ4n) is 2.33. The molecule has 3 aromatic rings. The Kier molecular flexibility index (Phi) is 5.35. The standard InChI is InChI=1S/C18H16N2O4S/c1-2-23-18(22)17-20-14(11-25-17)10-24-15(21)9-13-6-3-5-12-7-4-8-19-16(12)13/h3-8,11H,2,9-10H2,1H3. The van der Waals surface area contributed by atoms with E-state index in [0.717, 1.165) is 16.5 Å². The van der Waals surface area contributed by atoms with Crippen LogP contribution in [0.3, 0.4) is 0 Å². The number of ether oxygens (including phenoxy) is 2. The van der Waals surface area contributed by atoms with Crippen molar-refractivity contribution in [3.8, 4) is 0 Å². The summed E-state index contributed by atoms with van der Waals surface area (Å²) in [5.74, 6) is -0.837. The van der Waals surface area contributed by atoms with Gasteiger partial charge in [0.05, 0.1) is 24.2 Å². The van der Waals surface area contributed by atoms with Gasteiger partial charge in [-0.2, -0.15) is 0 Å². The third-order valence-electron chi connectivity index (χ3n) is 3.43. The molecule has 0 radical (unpaired) electrons. The van der Waals surface area contributed by atoms with E-state index in [9.17, 15) is 9.59 Å². The summed E-state index contributed by atoms with van der Waals surface area (Å²) in [6.07, 6.45) is 1.83. The van der Waals surface area contributed by atoms with E-state index in [1.165, 1.54) is 11.3 Å². The van der Waals surface area contributed by atoms with Crippen LogP contribution in [0.4, 0.5) is 0 Å². The van der Waals surface area contributed by atoms with Crippen molar-refractivity contribution in [2.75, 3.05) is 6.61 Å². The largest absolute Gasteiger partial charge is 0.461 e. The minimum Gasteiger partial charge on any atom is -0.461 e. The number of benzene rings is 1. The van der Waals surface area contributed by atoms with Crippen molar-refractivity contribution in [2.24, 2.45) is 0 Å². The number of esters is 2. The van der Waals surface area contributed by atoms with E-state index >= 15 is 0 Å². The van der Waals surface area contributed by atoms with Crippen LogP contribution < -0.4 is 0 Å². The van der Waals surface area contributed by atoms with Gasteiger partial charge in [-0.1, -0.05) is 24.3 Å². The van der Waals surface area contributed by atoms with Gasteiger partial charge in [-0.25, -0.2) is 9.78 Å². The molecule has 2 aromatic heterocycles. The molecule has 0 amide bonds. The number of fused-ring (bicyclic) bond motifs is 1. The number of pyridine rings is 1. The molecule has 25 heavy (non-hydrogen) atoms. The highest BCUT2D eigenvalue weighted by molar-refractivity contribution is 7.11. The summed E-state index contributed by atoms with van der Waals surface area (Å²) in [5, 5.41) is 2.91. The molecule has 0 atom stereocenters. The molecule has 0 aliphatic rings. The molecule has 0 aliphatic carbocycles. The van der Waals surface area contributed by atoms with Gasteiger partial charge >= 0.3 is 11.9 Å². The van der Waals surface area contributed by atoms with Gasteiger partial charge in [0, 0.05) is 17.0 Å². The first-order valence-corrected chi connectivity index (χ1v) is 8.65. The molecule has 7 heteroatoms. The molecule has 6 nitrogen and oxygen atoms in total. The number of para-hydroxylation sites is 1. The van der Waals surface area contributed by atoms with E-state index in [0.29, 0.717) is 12.3 Å². The van der Waals surface area contributed by atoms with Crippen LogP contribution in [0, 0.1) is 0 Å². The molecule has 0 saturated carbocycles. The molecule has 0 bridgehead atoms. The molecule has 0 N–H and O–H groups in total. The average molecular weight is 356 g/mol. The Bertz CT molecular complexity index is 901. The number of aromatic nitrogens is 2. The maximum Gasteiger partial charge on any atom is 0.367 e. The predicted octanol–water partition coefficient (Wildman–Crippen LogP) is 3.15. The topological polar surface area (TPSA) is 78.4 Å². The number of thiazole rings is 1. The Balaban J connectivity index is 1.60. The number of hydrogen-bond acceptors (Lipinski definition) is 7. The highest BCUT2D eigenvalue weighted by Gasteiger charge is 2.14. The first kappa shape index (κ1) is 17.0. The second kappa shape index (κ2) is 7.85. The zero-order chi connectivity index (χ0) is 17.6. The third-order valence-corrected chi connectivity index (χ3v) is 4.31. The Morgan fingerprint density at radius 3 is 2.84 bits per heavy atom. The van der Waals surface area contributed by atoms with E-state index in [-0.39, 0.29) is 24.0 Å². The van der Waals surface area contributed by atoms with Crippen LogP contribution >= 0.6 is 11.3 Å². The highest BCUT2D eigenvalue weighted by atomic mass is 32.1. The quantitative estimate of drug-likeness (QED) is 0.631. The molecule has 0 saturated heterocycles. The van der Waals surface area contributed by atoms with Crippen molar-refractivity contribution in [1.29, 1.82) is 0 Å². The van der Waals surface area contributed by atoms with Crippen LogP contribution in [0.15, 0.2) is 41.9 Å². The molecule has 1 aromatic carbocycles. The molecule has 0 fully saturated rings. The van der Waals surface area contributed by atoms with Crippen molar-refractivity contribution in [3.63, 3.8) is 0 Å². The molecule has 128 valence electrons. The molecular formula is C18H16N2O4S. The SMILES string of the molecule is CCOC(=O)c1nc(COC(=O)Cc2cccc3cccnc23)cs1. The van der Waals surface area contributed by atoms with Gasteiger partial charge in [0.25, 0.3) is 0 Å². The number of hydrogen-bond donors (Lipinski definition) is 0. The molecule has 3 rings (SSSR count). The summed E-state index contributed by atoms with van der Waals surface area (Å²) in [5.41, 5.74) is 2.13. The average Bonchev–Trinajstić information content (AvgIpc) is 3.10. The lowest BCUT2D eigenvalue weighted by molar-refractivity contribution is -0.144. The van der Waals surface area contributed by atoms with Crippen molar-refractivity contribution in [2.45, 2.75) is 20.0 Å². The first-order chi connectivity index (χ1) is 12.2. The summed E-state index contributed by atoms with van der Waals surface area (Å²) in [4.78, 5) is 32.1. The zero-order valence-electron chi connectivity index (χ0n) is 13.6. The highest BCUT2D eigenvalue weighted by Crippen LogP contribution is 2.17. The lowest BCUT2D eigenvalue weighted by Crippen LogP contribution is -2.09. The maximum absolute atomic E-state index is 12.1. The van der Waals surface area contributed by atoms with E-state index in [2.05, 4.69) is 9.97 Å². The smallest absolute Gasteiger partial charge is 0.367 e. The number of carbonyl (C=O) groups is 2. The first-order valence-electron chi connectivity index (χ1n) is 7.77. The third kappa shape index (κ3) is 4.19. The van der Waals surface area contributed by atoms with Crippen LogP contribution in [0.1, 0.15) is 28.0 Å². The summed E-state index contributed by atoms with van der Waals surface area (Å²) in [6, 6.07) is 9.50. The Morgan fingerprint density at radius 1 is 1.16 bits per heavy atom. The van der Waals surface area contributed by atoms with E-state index in [4.69, 9.17) is 9.47 Å². The van der Waals surface area contributed by atoms with Crippen LogP contribution in [0.25, 0.3) is 10.9 Å². The van der Waals surface area contributed by atoms with Gasteiger partial charge in [-0.15, -0.1) is 11.3 Å². The molecule has 0 aliphatic heterocycles. The van der Waals surface area contributed by atoms with Gasteiger partial charge < -0.3 is 9.47 Å². The van der Waals surface area contributed by atoms with Gasteiger partial charge in [0.1, 0.15) is 6.61 Å². The van der Waals surface area contributed by atoms with Crippen LogP contribution in [0.5, 0.6) is 0 Å². The predicted molar refractivity (Wildman–Crippen MR) is 93.3 cm³/mol. The minimum absolute atomic E-state index is 0.0208. The monoisotopic (exact) mass is 356 g/mol. The molecule has 0 unspecified atom stereocenters. The number of rotatable bonds is 6. The molecular weight excluding hydrogens is 340 g/mol. The lowest BCUT2D eigenvalue weighted by atomic mass is 10.1. The van der Waals surface area contributed by atoms with Crippen LogP contribution in [0.2, 0.25) is 0 Å². The fourth-order valence-corrected chi connectivity index (χ4v) is 3.02. The Labute approximate surface area is 148 Å². The number of nitrogens with zero attached hydrogens (tertiary/aromatic N) is 2. The number of carbonyl (C=O) groups excluding carboxylic acids is 2. The van der Waals surface area contributed by atoms with Crippen LogP contribution in [-0.2, 0) is 27.3 Å². The Morgan fingerprint density at radius 2 is 2.00 bits per heavy atom. The van der Waals surface area contributed by atoms with Gasteiger partial charge in [0.2, 0.25) is 5.01 Å². The second-order valence-electron chi connectivity index (χ2n) is 5.19.